The van der Waals surface area contributed by atoms with Crippen LogP contribution in [0.15, 0.2) is 24.4 Å². The molecule has 4 aromatic rings. The van der Waals surface area contributed by atoms with Crippen molar-refractivity contribution in [1.82, 2.24) is 25.0 Å². The van der Waals surface area contributed by atoms with E-state index in [1.54, 1.807) is 22.2 Å². The molecule has 0 aromatic carbocycles. The highest BCUT2D eigenvalue weighted by Crippen LogP contribution is 2.40. The molecule has 0 bridgehead atoms. The van der Waals surface area contributed by atoms with Crippen molar-refractivity contribution in [1.29, 1.82) is 0 Å². The molecule has 28 heavy (non-hydrogen) atoms. The van der Waals surface area contributed by atoms with E-state index in [1.165, 1.54) is 0 Å². The Hall–Kier alpha value is -2.42. The Morgan fingerprint density at radius 2 is 2.11 bits per heavy atom. The van der Waals surface area contributed by atoms with Crippen LogP contribution in [-0.4, -0.2) is 43.3 Å². The molecular formula is C20H21N5O2S. The van der Waals surface area contributed by atoms with E-state index in [0.717, 1.165) is 69.1 Å². The lowest BCUT2D eigenvalue weighted by atomic mass is 9.91. The summed E-state index contributed by atoms with van der Waals surface area (Å²) in [5.74, 6) is 0.253. The third kappa shape index (κ3) is 2.88. The van der Waals surface area contributed by atoms with Crippen molar-refractivity contribution >= 4 is 32.7 Å². The normalized spacial score (nSPS) is 16.8. The van der Waals surface area contributed by atoms with E-state index in [0.29, 0.717) is 0 Å². The van der Waals surface area contributed by atoms with Gasteiger partial charge >= 0.3 is 0 Å². The maximum atomic E-state index is 10.9. The maximum absolute atomic E-state index is 10.9. The molecule has 4 aromatic heterocycles. The quantitative estimate of drug-likeness (QED) is 0.572. The second-order valence-corrected chi connectivity index (χ2v) is 8.35. The summed E-state index contributed by atoms with van der Waals surface area (Å²) in [5.41, 5.74) is 4.38. The van der Waals surface area contributed by atoms with Crippen LogP contribution in [0.2, 0.25) is 0 Å². The first kappa shape index (κ1) is 17.7. The van der Waals surface area contributed by atoms with Gasteiger partial charge in [-0.25, -0.2) is 14.6 Å². The first-order valence-electron chi connectivity index (χ1n) is 9.43. The number of aromatic nitrogens is 5. The average molecular weight is 395 g/mol. The molecule has 1 fully saturated rings. The summed E-state index contributed by atoms with van der Waals surface area (Å²) < 4.78 is 7.09. The highest BCUT2D eigenvalue weighted by atomic mass is 32.1. The van der Waals surface area contributed by atoms with E-state index in [1.807, 2.05) is 19.2 Å². The fourth-order valence-corrected chi connectivity index (χ4v) is 5.13. The van der Waals surface area contributed by atoms with Gasteiger partial charge in [0.25, 0.3) is 0 Å². The van der Waals surface area contributed by atoms with Crippen molar-refractivity contribution < 1.29 is 9.84 Å². The van der Waals surface area contributed by atoms with Crippen LogP contribution in [0.1, 0.15) is 29.4 Å². The van der Waals surface area contributed by atoms with Gasteiger partial charge in [0.15, 0.2) is 5.65 Å². The third-order valence-corrected chi connectivity index (χ3v) is 6.83. The molecule has 0 spiro atoms. The monoisotopic (exact) mass is 395 g/mol. The Morgan fingerprint density at radius 3 is 2.93 bits per heavy atom. The minimum atomic E-state index is -0.454. The Bertz CT molecular complexity index is 1160. The number of aliphatic hydroxyl groups is 1. The molecule has 144 valence electrons. The van der Waals surface area contributed by atoms with Gasteiger partial charge in [0.2, 0.25) is 0 Å². The fraction of sp³-hybridized carbons (Fsp3) is 0.400. The maximum Gasteiger partial charge on any atom is 0.178 e. The molecule has 0 amide bonds. The molecule has 0 unspecified atom stereocenters. The molecule has 1 saturated heterocycles. The number of ether oxygens (including phenoxy) is 1. The summed E-state index contributed by atoms with van der Waals surface area (Å²) in [7, 11) is 1.83. The molecule has 0 saturated carbocycles. The molecule has 5 rings (SSSR count). The smallest absolute Gasteiger partial charge is 0.178 e. The van der Waals surface area contributed by atoms with Gasteiger partial charge in [-0.1, -0.05) is 5.21 Å². The fourth-order valence-electron chi connectivity index (χ4n) is 3.87. The molecule has 1 N–H and O–H groups in total. The summed E-state index contributed by atoms with van der Waals surface area (Å²) >= 11 is 1.59. The summed E-state index contributed by atoms with van der Waals surface area (Å²) in [6, 6.07) is 6.05. The van der Waals surface area contributed by atoms with Gasteiger partial charge in [-0.3, -0.25) is 0 Å². The summed E-state index contributed by atoms with van der Waals surface area (Å²) in [6.45, 7) is 3.53. The molecule has 1 atom stereocenters. The van der Waals surface area contributed by atoms with Gasteiger partial charge in [-0.2, -0.15) is 0 Å². The zero-order valence-electron chi connectivity index (χ0n) is 15.8. The standard InChI is InChI=1S/C20H21N5O2S/c1-11-14-3-4-15(13-9-16-19(21-10-13)25(2)24-23-16)22-20(14)28-18(11)17(26)12-5-7-27-8-6-12/h3-4,9-10,12,17,26H,5-8H2,1-2H3/t17-/m1/s1. The lowest BCUT2D eigenvalue weighted by Crippen LogP contribution is -2.21. The zero-order chi connectivity index (χ0) is 19.3. The molecule has 0 aliphatic carbocycles. The van der Waals surface area contributed by atoms with Crippen molar-refractivity contribution in [3.05, 3.63) is 34.8 Å². The predicted molar refractivity (Wildman–Crippen MR) is 108 cm³/mol. The van der Waals surface area contributed by atoms with Crippen LogP contribution >= 0.6 is 11.3 Å². The van der Waals surface area contributed by atoms with E-state index in [-0.39, 0.29) is 5.92 Å². The number of rotatable bonds is 3. The molecule has 1 aliphatic heterocycles. The van der Waals surface area contributed by atoms with Crippen molar-refractivity contribution in [2.45, 2.75) is 25.9 Å². The highest BCUT2D eigenvalue weighted by molar-refractivity contribution is 7.18. The van der Waals surface area contributed by atoms with Gasteiger partial charge < -0.3 is 9.84 Å². The van der Waals surface area contributed by atoms with E-state index in [2.05, 4.69) is 28.3 Å². The molecular weight excluding hydrogens is 374 g/mol. The molecule has 8 heteroatoms. The first-order chi connectivity index (χ1) is 13.6. The number of pyridine rings is 2. The summed E-state index contributed by atoms with van der Waals surface area (Å²) in [6.07, 6.45) is 3.15. The largest absolute Gasteiger partial charge is 0.387 e. The van der Waals surface area contributed by atoms with Crippen LogP contribution in [0.3, 0.4) is 0 Å². The number of hydrogen-bond donors (Lipinski definition) is 1. The SMILES string of the molecule is Cc1c([C@H](O)C2CCOCC2)sc2nc(-c3cnc4c(c3)nnn4C)ccc12. The van der Waals surface area contributed by atoms with E-state index >= 15 is 0 Å². The number of fused-ring (bicyclic) bond motifs is 2. The summed E-state index contributed by atoms with van der Waals surface area (Å²) in [4.78, 5) is 11.3. The van der Waals surface area contributed by atoms with E-state index in [9.17, 15) is 5.11 Å². The van der Waals surface area contributed by atoms with Crippen molar-refractivity contribution in [3.63, 3.8) is 0 Å². The molecule has 5 heterocycles. The average Bonchev–Trinajstić information content (AvgIpc) is 3.27. The Labute approximate surface area is 166 Å². The van der Waals surface area contributed by atoms with Crippen molar-refractivity contribution in [2.75, 3.05) is 13.2 Å². The zero-order valence-corrected chi connectivity index (χ0v) is 16.6. The molecule has 1 aliphatic rings. The van der Waals surface area contributed by atoms with E-state index < -0.39 is 6.10 Å². The number of aryl methyl sites for hydroxylation is 2. The van der Waals surface area contributed by atoms with Crippen LogP contribution in [-0.2, 0) is 11.8 Å². The van der Waals surface area contributed by atoms with Gasteiger partial charge in [-0.15, -0.1) is 16.4 Å². The number of nitrogens with zero attached hydrogens (tertiary/aromatic N) is 5. The Kier molecular flexibility index (Phi) is 4.34. The number of thiophene rings is 1. The highest BCUT2D eigenvalue weighted by Gasteiger charge is 2.27. The third-order valence-electron chi connectivity index (χ3n) is 5.56. The van der Waals surface area contributed by atoms with Crippen LogP contribution in [0.25, 0.3) is 32.6 Å². The minimum Gasteiger partial charge on any atom is -0.387 e. The summed E-state index contributed by atoms with van der Waals surface area (Å²) in [5, 5.41) is 20.2. The van der Waals surface area contributed by atoms with Crippen LogP contribution in [0.4, 0.5) is 0 Å². The molecule has 7 nitrogen and oxygen atoms in total. The van der Waals surface area contributed by atoms with Gasteiger partial charge in [-0.05, 0) is 49.4 Å². The van der Waals surface area contributed by atoms with Gasteiger partial charge in [0, 0.05) is 42.3 Å². The van der Waals surface area contributed by atoms with E-state index in [4.69, 9.17) is 9.72 Å². The van der Waals surface area contributed by atoms with Crippen LogP contribution in [0.5, 0.6) is 0 Å². The first-order valence-corrected chi connectivity index (χ1v) is 10.2. The number of hydrogen-bond acceptors (Lipinski definition) is 7. The van der Waals surface area contributed by atoms with Crippen LogP contribution < -0.4 is 0 Å². The number of aliphatic hydroxyl groups excluding tert-OH is 1. The minimum absolute atomic E-state index is 0.253. The predicted octanol–water partition coefficient (Wildman–Crippen LogP) is 3.41. The van der Waals surface area contributed by atoms with Gasteiger partial charge in [0.1, 0.15) is 10.3 Å². The Balaban J connectivity index is 1.53. The van der Waals surface area contributed by atoms with Crippen LogP contribution in [0, 0.1) is 12.8 Å². The van der Waals surface area contributed by atoms with Crippen molar-refractivity contribution in [3.8, 4) is 11.3 Å². The second kappa shape index (κ2) is 6.88. The Morgan fingerprint density at radius 1 is 1.29 bits per heavy atom. The lowest BCUT2D eigenvalue weighted by Gasteiger charge is -2.26. The van der Waals surface area contributed by atoms with Crippen molar-refractivity contribution in [2.24, 2.45) is 13.0 Å². The van der Waals surface area contributed by atoms with Gasteiger partial charge in [0.05, 0.1) is 11.8 Å². The molecule has 0 radical (unpaired) electrons. The topological polar surface area (TPSA) is 85.9 Å². The lowest BCUT2D eigenvalue weighted by molar-refractivity contribution is 0.00837. The second-order valence-electron chi connectivity index (χ2n) is 7.31.